The molecule has 1 rings (SSSR count). The summed E-state index contributed by atoms with van der Waals surface area (Å²) in [5.41, 5.74) is 7.53. The van der Waals surface area contributed by atoms with Crippen molar-refractivity contribution in [3.8, 4) is 0 Å². The van der Waals surface area contributed by atoms with Crippen molar-refractivity contribution >= 4 is 5.97 Å². The minimum atomic E-state index is -0.495. The van der Waals surface area contributed by atoms with Crippen LogP contribution in [0.25, 0.3) is 0 Å². The molecule has 0 saturated heterocycles. The second-order valence-electron chi connectivity index (χ2n) is 4.89. The number of carbonyl (C=O) groups excluding carboxylic acids is 1. The summed E-state index contributed by atoms with van der Waals surface area (Å²) in [6, 6.07) is 3.88. The normalized spacial score (nSPS) is 13.2. The Labute approximate surface area is 102 Å². The van der Waals surface area contributed by atoms with Gasteiger partial charge in [0.2, 0.25) is 0 Å². The summed E-state index contributed by atoms with van der Waals surface area (Å²) in [7, 11) is 1.39. The molecule has 0 fully saturated rings. The van der Waals surface area contributed by atoms with E-state index in [0.29, 0.717) is 0 Å². The average molecular weight is 236 g/mol. The lowest BCUT2D eigenvalue weighted by molar-refractivity contribution is -0.141. The van der Waals surface area contributed by atoms with Crippen molar-refractivity contribution in [2.75, 3.05) is 7.11 Å². The minimum absolute atomic E-state index is 0.0944. The third kappa shape index (κ3) is 3.82. The molecule has 94 valence electrons. The van der Waals surface area contributed by atoms with E-state index in [1.54, 1.807) is 6.20 Å². The average Bonchev–Trinajstić information content (AvgIpc) is 2.25. The Morgan fingerprint density at radius 2 is 2.18 bits per heavy atom. The maximum absolute atomic E-state index is 11.4. The monoisotopic (exact) mass is 236 g/mol. The van der Waals surface area contributed by atoms with Crippen molar-refractivity contribution in [3.05, 3.63) is 29.6 Å². The Hall–Kier alpha value is -1.42. The molecule has 0 aliphatic heterocycles. The number of ether oxygens (including phenoxy) is 1. The molecule has 0 spiro atoms. The molecule has 4 nitrogen and oxygen atoms in total. The van der Waals surface area contributed by atoms with E-state index in [1.807, 2.05) is 32.9 Å². The van der Waals surface area contributed by atoms with Gasteiger partial charge in [-0.15, -0.1) is 0 Å². The van der Waals surface area contributed by atoms with Crippen LogP contribution in [0.5, 0.6) is 0 Å². The molecule has 0 saturated carbocycles. The zero-order chi connectivity index (χ0) is 13.1. The SMILES string of the molecule is COC(=O)CC(c1ccc(C)nc1)C(C)(C)N. The van der Waals surface area contributed by atoms with Crippen molar-refractivity contribution in [3.63, 3.8) is 0 Å². The number of rotatable bonds is 4. The number of aromatic nitrogens is 1. The van der Waals surface area contributed by atoms with E-state index in [-0.39, 0.29) is 18.3 Å². The molecule has 0 aliphatic rings. The van der Waals surface area contributed by atoms with Crippen LogP contribution in [-0.2, 0) is 9.53 Å². The molecular weight excluding hydrogens is 216 g/mol. The predicted octanol–water partition coefficient (Wildman–Crippen LogP) is 1.77. The minimum Gasteiger partial charge on any atom is -0.469 e. The van der Waals surface area contributed by atoms with Crippen molar-refractivity contribution in [1.29, 1.82) is 0 Å². The van der Waals surface area contributed by atoms with Gasteiger partial charge in [-0.2, -0.15) is 0 Å². The Kier molecular flexibility index (Phi) is 4.23. The fourth-order valence-electron chi connectivity index (χ4n) is 1.75. The topological polar surface area (TPSA) is 65.2 Å². The van der Waals surface area contributed by atoms with E-state index in [4.69, 9.17) is 10.5 Å². The molecule has 0 amide bonds. The first-order valence-corrected chi connectivity index (χ1v) is 5.63. The fourth-order valence-corrected chi connectivity index (χ4v) is 1.75. The molecule has 0 radical (unpaired) electrons. The number of hydrogen-bond donors (Lipinski definition) is 1. The largest absolute Gasteiger partial charge is 0.469 e. The van der Waals surface area contributed by atoms with Gasteiger partial charge in [0, 0.05) is 23.3 Å². The maximum atomic E-state index is 11.4. The molecule has 17 heavy (non-hydrogen) atoms. The van der Waals surface area contributed by atoms with Gasteiger partial charge >= 0.3 is 5.97 Å². The summed E-state index contributed by atoms with van der Waals surface area (Å²) >= 11 is 0. The number of nitrogens with two attached hydrogens (primary N) is 1. The second-order valence-corrected chi connectivity index (χ2v) is 4.89. The first kappa shape index (κ1) is 13.6. The van der Waals surface area contributed by atoms with Gasteiger partial charge in [-0.1, -0.05) is 6.07 Å². The van der Waals surface area contributed by atoms with E-state index < -0.39 is 5.54 Å². The van der Waals surface area contributed by atoms with Crippen LogP contribution in [0.2, 0.25) is 0 Å². The number of aryl methyl sites for hydroxylation is 1. The number of pyridine rings is 1. The Morgan fingerprint density at radius 1 is 1.53 bits per heavy atom. The summed E-state index contributed by atoms with van der Waals surface area (Å²) in [5, 5.41) is 0. The molecule has 4 heteroatoms. The first-order valence-electron chi connectivity index (χ1n) is 5.63. The van der Waals surface area contributed by atoms with Gasteiger partial charge in [0.1, 0.15) is 0 Å². The third-order valence-electron chi connectivity index (χ3n) is 2.83. The number of hydrogen-bond acceptors (Lipinski definition) is 4. The highest BCUT2D eigenvalue weighted by Crippen LogP contribution is 2.29. The highest BCUT2D eigenvalue weighted by atomic mass is 16.5. The second kappa shape index (κ2) is 5.27. The number of methoxy groups -OCH3 is 1. The molecule has 1 aromatic heterocycles. The zero-order valence-electron chi connectivity index (χ0n) is 10.9. The maximum Gasteiger partial charge on any atom is 0.306 e. The smallest absolute Gasteiger partial charge is 0.306 e. The van der Waals surface area contributed by atoms with Crippen LogP contribution in [0, 0.1) is 6.92 Å². The number of carbonyl (C=O) groups is 1. The number of esters is 1. The lowest BCUT2D eigenvalue weighted by atomic mass is 9.81. The van der Waals surface area contributed by atoms with E-state index in [0.717, 1.165) is 11.3 Å². The lowest BCUT2D eigenvalue weighted by Crippen LogP contribution is -2.40. The van der Waals surface area contributed by atoms with E-state index in [1.165, 1.54) is 7.11 Å². The van der Waals surface area contributed by atoms with E-state index >= 15 is 0 Å². The fraction of sp³-hybridized carbons (Fsp3) is 0.538. The van der Waals surface area contributed by atoms with Gasteiger partial charge in [0.05, 0.1) is 13.5 Å². The number of nitrogens with zero attached hydrogens (tertiary/aromatic N) is 1. The predicted molar refractivity (Wildman–Crippen MR) is 66.6 cm³/mol. The summed E-state index contributed by atoms with van der Waals surface area (Å²) in [5.74, 6) is -0.350. The third-order valence-corrected chi connectivity index (χ3v) is 2.83. The van der Waals surface area contributed by atoms with Crippen LogP contribution in [0.15, 0.2) is 18.3 Å². The molecule has 1 heterocycles. The van der Waals surface area contributed by atoms with Crippen LogP contribution in [0.3, 0.4) is 0 Å². The van der Waals surface area contributed by atoms with Crippen molar-refractivity contribution in [2.24, 2.45) is 5.73 Å². The molecule has 0 aliphatic carbocycles. The molecular formula is C13H20N2O2. The Morgan fingerprint density at radius 3 is 2.59 bits per heavy atom. The van der Waals surface area contributed by atoms with E-state index in [2.05, 4.69) is 4.98 Å². The Balaban J connectivity index is 2.98. The van der Waals surface area contributed by atoms with Crippen LogP contribution >= 0.6 is 0 Å². The van der Waals surface area contributed by atoms with Gasteiger partial charge < -0.3 is 10.5 Å². The molecule has 1 atom stereocenters. The summed E-state index contributed by atoms with van der Waals surface area (Å²) in [6.07, 6.45) is 2.04. The van der Waals surface area contributed by atoms with Gasteiger partial charge in [0.25, 0.3) is 0 Å². The molecule has 1 aromatic rings. The molecule has 1 unspecified atom stereocenters. The van der Waals surface area contributed by atoms with Crippen molar-refractivity contribution < 1.29 is 9.53 Å². The van der Waals surface area contributed by atoms with Crippen molar-refractivity contribution in [2.45, 2.75) is 38.6 Å². The van der Waals surface area contributed by atoms with Gasteiger partial charge in [0.15, 0.2) is 0 Å². The molecule has 0 bridgehead atoms. The van der Waals surface area contributed by atoms with E-state index in [9.17, 15) is 4.79 Å². The molecule has 0 aromatic carbocycles. The van der Waals surface area contributed by atoms with Crippen LogP contribution in [-0.4, -0.2) is 23.6 Å². The van der Waals surface area contributed by atoms with Crippen LogP contribution < -0.4 is 5.73 Å². The molecule has 2 N–H and O–H groups in total. The quantitative estimate of drug-likeness (QED) is 0.809. The van der Waals surface area contributed by atoms with Gasteiger partial charge in [-0.3, -0.25) is 9.78 Å². The highest BCUT2D eigenvalue weighted by molar-refractivity contribution is 5.70. The lowest BCUT2D eigenvalue weighted by Gasteiger charge is -2.30. The highest BCUT2D eigenvalue weighted by Gasteiger charge is 2.29. The summed E-state index contributed by atoms with van der Waals surface area (Å²) in [4.78, 5) is 15.6. The summed E-state index contributed by atoms with van der Waals surface area (Å²) < 4.78 is 4.71. The van der Waals surface area contributed by atoms with Crippen molar-refractivity contribution in [1.82, 2.24) is 4.98 Å². The van der Waals surface area contributed by atoms with Gasteiger partial charge in [-0.05, 0) is 32.4 Å². The van der Waals surface area contributed by atoms with Crippen LogP contribution in [0.4, 0.5) is 0 Å². The van der Waals surface area contributed by atoms with Gasteiger partial charge in [-0.25, -0.2) is 0 Å². The van der Waals surface area contributed by atoms with Crippen LogP contribution in [0.1, 0.15) is 37.4 Å². The summed E-state index contributed by atoms with van der Waals surface area (Å²) in [6.45, 7) is 5.73. The first-order chi connectivity index (χ1) is 7.84. The zero-order valence-corrected chi connectivity index (χ0v) is 10.9. The standard InChI is InChI=1S/C13H20N2O2/c1-9-5-6-10(8-15-9)11(13(2,3)14)7-12(16)17-4/h5-6,8,11H,7,14H2,1-4H3. The Bertz CT molecular complexity index is 379.